The molecule has 1 aromatic heterocycles. The highest BCUT2D eigenvalue weighted by molar-refractivity contribution is 5.92. The highest BCUT2D eigenvalue weighted by Gasteiger charge is 2.06. The molecule has 0 spiro atoms. The third-order valence-electron chi connectivity index (χ3n) is 4.27. The second kappa shape index (κ2) is 7.86. The van der Waals surface area contributed by atoms with E-state index < -0.39 is 0 Å². The van der Waals surface area contributed by atoms with Crippen LogP contribution in [-0.2, 0) is 11.8 Å². The molecule has 1 N–H and O–H groups in total. The van der Waals surface area contributed by atoms with Gasteiger partial charge in [0, 0.05) is 24.4 Å². The van der Waals surface area contributed by atoms with Gasteiger partial charge in [-0.1, -0.05) is 18.2 Å². The Kier molecular flexibility index (Phi) is 5.35. The van der Waals surface area contributed by atoms with Crippen molar-refractivity contribution in [2.75, 3.05) is 11.9 Å². The molecule has 3 rings (SSSR count). The number of anilines is 1. The zero-order valence-electron chi connectivity index (χ0n) is 15.5. The average molecular weight is 363 g/mol. The maximum Gasteiger partial charge on any atom is 0.266 e. The van der Waals surface area contributed by atoms with Crippen molar-refractivity contribution in [3.63, 3.8) is 0 Å². The van der Waals surface area contributed by atoms with Gasteiger partial charge in [0.2, 0.25) is 0 Å². The lowest BCUT2D eigenvalue weighted by Gasteiger charge is -2.09. The average Bonchev–Trinajstić information content (AvgIpc) is 2.65. The van der Waals surface area contributed by atoms with Gasteiger partial charge in [0.25, 0.3) is 11.5 Å². The molecule has 6 nitrogen and oxygen atoms in total. The van der Waals surface area contributed by atoms with E-state index in [1.807, 2.05) is 44.2 Å². The van der Waals surface area contributed by atoms with E-state index in [0.29, 0.717) is 17.1 Å². The van der Waals surface area contributed by atoms with E-state index in [1.165, 1.54) is 16.3 Å². The zero-order valence-corrected chi connectivity index (χ0v) is 15.5. The summed E-state index contributed by atoms with van der Waals surface area (Å²) in [4.78, 5) is 23.5. The first kappa shape index (κ1) is 18.4. The Balaban J connectivity index is 1.60. The number of benzene rings is 2. The van der Waals surface area contributed by atoms with Crippen LogP contribution >= 0.6 is 0 Å². The number of rotatable bonds is 5. The minimum atomic E-state index is -0.235. The number of hydrogen-bond donors (Lipinski definition) is 1. The molecule has 0 saturated carbocycles. The number of carbonyl (C=O) groups is 1. The Hall–Kier alpha value is -3.41. The molecule has 0 fully saturated rings. The Morgan fingerprint density at radius 1 is 1.04 bits per heavy atom. The summed E-state index contributed by atoms with van der Waals surface area (Å²) in [5.41, 5.74) is 4.35. The highest BCUT2D eigenvalue weighted by Crippen LogP contribution is 2.19. The van der Waals surface area contributed by atoms with Crippen molar-refractivity contribution in [1.29, 1.82) is 0 Å². The van der Waals surface area contributed by atoms with E-state index in [9.17, 15) is 9.59 Å². The standard InChI is InChI=1S/C21H21N3O3/c1-14-4-9-18(12-15(14)2)27-13-20(25)22-17-7-5-16(6-8-17)19-10-11-21(26)24(3)23-19/h4-12H,13H2,1-3H3,(H,22,25). The molecule has 0 saturated heterocycles. The summed E-state index contributed by atoms with van der Waals surface area (Å²) in [5, 5.41) is 7.00. The summed E-state index contributed by atoms with van der Waals surface area (Å²) in [6.07, 6.45) is 0. The first-order chi connectivity index (χ1) is 12.9. The van der Waals surface area contributed by atoms with Crippen LogP contribution in [0.15, 0.2) is 59.4 Å². The lowest BCUT2D eigenvalue weighted by molar-refractivity contribution is -0.118. The van der Waals surface area contributed by atoms with E-state index in [2.05, 4.69) is 10.4 Å². The summed E-state index contributed by atoms with van der Waals surface area (Å²) < 4.78 is 6.83. The van der Waals surface area contributed by atoms with E-state index in [1.54, 1.807) is 25.2 Å². The Morgan fingerprint density at radius 2 is 1.78 bits per heavy atom. The molecule has 0 aliphatic heterocycles. The SMILES string of the molecule is Cc1ccc(OCC(=O)Nc2ccc(-c3ccc(=O)n(C)n3)cc2)cc1C. The van der Waals surface area contributed by atoms with Crippen LogP contribution in [0.2, 0.25) is 0 Å². The summed E-state index contributed by atoms with van der Waals surface area (Å²) in [6, 6.07) is 16.1. The van der Waals surface area contributed by atoms with Crippen LogP contribution in [0, 0.1) is 13.8 Å². The second-order valence-corrected chi connectivity index (χ2v) is 6.34. The third kappa shape index (κ3) is 4.61. The normalized spacial score (nSPS) is 10.5. The first-order valence-electron chi connectivity index (χ1n) is 8.57. The van der Waals surface area contributed by atoms with E-state index in [4.69, 9.17) is 4.74 Å². The number of nitrogens with zero attached hydrogens (tertiary/aromatic N) is 2. The Labute approximate surface area is 157 Å². The quantitative estimate of drug-likeness (QED) is 0.756. The van der Waals surface area contributed by atoms with Crippen LogP contribution in [0.4, 0.5) is 5.69 Å². The van der Waals surface area contributed by atoms with E-state index >= 15 is 0 Å². The fourth-order valence-electron chi connectivity index (χ4n) is 2.53. The van der Waals surface area contributed by atoms with Gasteiger partial charge < -0.3 is 10.1 Å². The van der Waals surface area contributed by atoms with Crippen molar-refractivity contribution in [2.24, 2.45) is 7.05 Å². The first-order valence-corrected chi connectivity index (χ1v) is 8.57. The number of nitrogens with one attached hydrogen (secondary N) is 1. The van der Waals surface area contributed by atoms with E-state index in [-0.39, 0.29) is 18.1 Å². The number of carbonyl (C=O) groups excluding carboxylic acids is 1. The van der Waals surface area contributed by atoms with Crippen LogP contribution in [0.3, 0.4) is 0 Å². The molecule has 138 valence electrons. The fourth-order valence-corrected chi connectivity index (χ4v) is 2.53. The predicted molar refractivity (Wildman–Crippen MR) is 105 cm³/mol. The lowest BCUT2D eigenvalue weighted by Crippen LogP contribution is -2.20. The number of aromatic nitrogens is 2. The van der Waals surface area contributed by atoms with E-state index in [0.717, 1.165) is 11.1 Å². The molecular formula is C21H21N3O3. The van der Waals surface area contributed by atoms with Crippen molar-refractivity contribution >= 4 is 11.6 Å². The van der Waals surface area contributed by atoms with Crippen LogP contribution < -0.4 is 15.6 Å². The number of ether oxygens (including phenoxy) is 1. The second-order valence-electron chi connectivity index (χ2n) is 6.34. The highest BCUT2D eigenvalue weighted by atomic mass is 16.5. The topological polar surface area (TPSA) is 73.2 Å². The maximum absolute atomic E-state index is 12.1. The molecule has 0 radical (unpaired) electrons. The smallest absolute Gasteiger partial charge is 0.266 e. The van der Waals surface area contributed by atoms with Gasteiger partial charge in [-0.3, -0.25) is 9.59 Å². The summed E-state index contributed by atoms with van der Waals surface area (Å²) in [5.74, 6) is 0.436. The Morgan fingerprint density at radius 3 is 2.44 bits per heavy atom. The molecule has 0 bridgehead atoms. The molecular weight excluding hydrogens is 342 g/mol. The molecule has 1 heterocycles. The van der Waals surface area contributed by atoms with Crippen LogP contribution in [0.25, 0.3) is 11.3 Å². The molecule has 0 aliphatic carbocycles. The number of amides is 1. The van der Waals surface area contributed by atoms with Gasteiger partial charge in [-0.2, -0.15) is 5.10 Å². The van der Waals surface area contributed by atoms with Gasteiger partial charge in [-0.15, -0.1) is 0 Å². The molecule has 27 heavy (non-hydrogen) atoms. The predicted octanol–water partition coefficient (Wildman–Crippen LogP) is 3.08. The Bertz CT molecular complexity index is 1020. The molecule has 0 aliphatic rings. The molecule has 1 amide bonds. The molecule has 2 aromatic carbocycles. The van der Waals surface area contributed by atoms with Crippen molar-refractivity contribution in [2.45, 2.75) is 13.8 Å². The van der Waals surface area contributed by atoms with Gasteiger partial charge in [-0.05, 0) is 55.3 Å². The molecule has 3 aromatic rings. The molecule has 0 atom stereocenters. The minimum Gasteiger partial charge on any atom is -0.484 e. The van der Waals surface area contributed by atoms with Crippen molar-refractivity contribution < 1.29 is 9.53 Å². The molecule has 6 heteroatoms. The van der Waals surface area contributed by atoms with Gasteiger partial charge in [0.05, 0.1) is 5.69 Å². The van der Waals surface area contributed by atoms with Crippen molar-refractivity contribution in [3.8, 4) is 17.0 Å². The minimum absolute atomic E-state index is 0.0629. The lowest BCUT2D eigenvalue weighted by atomic mass is 10.1. The van der Waals surface area contributed by atoms with Crippen LogP contribution in [0.1, 0.15) is 11.1 Å². The van der Waals surface area contributed by atoms with Crippen LogP contribution in [0.5, 0.6) is 5.75 Å². The van der Waals surface area contributed by atoms with Gasteiger partial charge >= 0.3 is 0 Å². The summed E-state index contributed by atoms with van der Waals surface area (Å²) in [6.45, 7) is 3.97. The maximum atomic E-state index is 12.1. The van der Waals surface area contributed by atoms with Gasteiger partial charge in [-0.25, -0.2) is 4.68 Å². The van der Waals surface area contributed by atoms with Crippen LogP contribution in [-0.4, -0.2) is 22.3 Å². The summed E-state index contributed by atoms with van der Waals surface area (Å²) >= 11 is 0. The number of aryl methyl sites for hydroxylation is 3. The number of hydrogen-bond acceptors (Lipinski definition) is 4. The third-order valence-corrected chi connectivity index (χ3v) is 4.27. The zero-order chi connectivity index (χ0) is 19.4. The van der Waals surface area contributed by atoms with Gasteiger partial charge in [0.1, 0.15) is 5.75 Å². The monoisotopic (exact) mass is 363 g/mol. The fraction of sp³-hybridized carbons (Fsp3) is 0.190. The van der Waals surface area contributed by atoms with Crippen molar-refractivity contribution in [1.82, 2.24) is 9.78 Å². The summed E-state index contributed by atoms with van der Waals surface area (Å²) in [7, 11) is 1.61. The molecule has 0 unspecified atom stereocenters. The van der Waals surface area contributed by atoms with Crippen molar-refractivity contribution in [3.05, 3.63) is 76.1 Å². The van der Waals surface area contributed by atoms with Gasteiger partial charge in [0.15, 0.2) is 6.61 Å². The largest absolute Gasteiger partial charge is 0.484 e.